The van der Waals surface area contributed by atoms with Crippen molar-refractivity contribution in [2.45, 2.75) is 25.2 Å². The Morgan fingerprint density at radius 1 is 1.53 bits per heavy atom. The highest BCUT2D eigenvalue weighted by Gasteiger charge is 2.10. The van der Waals surface area contributed by atoms with Gasteiger partial charge in [-0.05, 0) is 6.42 Å². The van der Waals surface area contributed by atoms with Crippen molar-refractivity contribution in [2.75, 3.05) is 12.0 Å². The van der Waals surface area contributed by atoms with E-state index in [1.165, 1.54) is 6.26 Å². The van der Waals surface area contributed by atoms with Crippen LogP contribution in [0, 0.1) is 0 Å². The van der Waals surface area contributed by atoms with Crippen LogP contribution in [0.3, 0.4) is 0 Å². The standard InChI is InChI=1S/C9H15BrN2O2S/c1-3-9-8(6-10)7-11-12(9)4-5-15(2,13)14/h7H,3-6H2,1-2H3. The monoisotopic (exact) mass is 294 g/mol. The molecule has 0 saturated heterocycles. The third-order valence-corrected chi connectivity index (χ3v) is 3.72. The van der Waals surface area contributed by atoms with E-state index in [4.69, 9.17) is 0 Å². The molecule has 4 nitrogen and oxygen atoms in total. The maximum absolute atomic E-state index is 11.0. The summed E-state index contributed by atoms with van der Waals surface area (Å²) in [5.74, 6) is 0.142. The van der Waals surface area contributed by atoms with Crippen molar-refractivity contribution in [3.63, 3.8) is 0 Å². The molecule has 15 heavy (non-hydrogen) atoms. The van der Waals surface area contributed by atoms with Gasteiger partial charge >= 0.3 is 0 Å². The van der Waals surface area contributed by atoms with Crippen molar-refractivity contribution in [1.29, 1.82) is 0 Å². The second-order valence-electron chi connectivity index (χ2n) is 3.46. The molecule has 0 N–H and O–H groups in total. The highest BCUT2D eigenvalue weighted by molar-refractivity contribution is 9.08. The van der Waals surface area contributed by atoms with Gasteiger partial charge in [0.15, 0.2) is 0 Å². The summed E-state index contributed by atoms with van der Waals surface area (Å²) in [5.41, 5.74) is 2.24. The van der Waals surface area contributed by atoms with Crippen molar-refractivity contribution >= 4 is 25.8 Å². The minimum Gasteiger partial charge on any atom is -0.268 e. The number of aryl methyl sites for hydroxylation is 1. The number of nitrogens with zero attached hydrogens (tertiary/aromatic N) is 2. The molecule has 0 spiro atoms. The summed E-state index contributed by atoms with van der Waals surface area (Å²) in [6.45, 7) is 2.48. The number of rotatable bonds is 5. The van der Waals surface area contributed by atoms with Gasteiger partial charge in [-0.3, -0.25) is 4.68 Å². The van der Waals surface area contributed by atoms with Crippen molar-refractivity contribution in [3.8, 4) is 0 Å². The van der Waals surface area contributed by atoms with E-state index < -0.39 is 9.84 Å². The Hall–Kier alpha value is -0.360. The summed E-state index contributed by atoms with van der Waals surface area (Å²) in [5, 5.41) is 4.94. The Kier molecular flexibility index (Phi) is 4.33. The molecule has 0 atom stereocenters. The van der Waals surface area contributed by atoms with Crippen LogP contribution >= 0.6 is 15.9 Å². The zero-order chi connectivity index (χ0) is 11.5. The fraction of sp³-hybridized carbons (Fsp3) is 0.667. The highest BCUT2D eigenvalue weighted by atomic mass is 79.9. The lowest BCUT2D eigenvalue weighted by Crippen LogP contribution is -2.14. The van der Waals surface area contributed by atoms with Crippen LogP contribution in [0.2, 0.25) is 0 Å². The van der Waals surface area contributed by atoms with E-state index in [2.05, 4.69) is 21.0 Å². The lowest BCUT2D eigenvalue weighted by Gasteiger charge is -2.05. The van der Waals surface area contributed by atoms with Crippen LogP contribution in [0.5, 0.6) is 0 Å². The number of hydrogen-bond acceptors (Lipinski definition) is 3. The molecule has 0 saturated carbocycles. The first-order valence-electron chi connectivity index (χ1n) is 4.75. The molecule has 0 amide bonds. The van der Waals surface area contributed by atoms with E-state index in [0.717, 1.165) is 23.0 Å². The average Bonchev–Trinajstić information content (AvgIpc) is 2.55. The zero-order valence-corrected chi connectivity index (χ0v) is 11.3. The molecule has 0 bridgehead atoms. The molecule has 1 rings (SSSR count). The van der Waals surface area contributed by atoms with Crippen LogP contribution in [0.25, 0.3) is 0 Å². The summed E-state index contributed by atoms with van der Waals surface area (Å²) < 4.78 is 23.8. The number of aromatic nitrogens is 2. The van der Waals surface area contributed by atoms with Gasteiger partial charge in [-0.1, -0.05) is 22.9 Å². The predicted octanol–water partition coefficient (Wildman–Crippen LogP) is 1.39. The molecular weight excluding hydrogens is 280 g/mol. The fourth-order valence-electron chi connectivity index (χ4n) is 1.42. The van der Waals surface area contributed by atoms with Crippen LogP contribution in [-0.4, -0.2) is 30.2 Å². The Morgan fingerprint density at radius 2 is 2.20 bits per heavy atom. The number of alkyl halides is 1. The second kappa shape index (κ2) is 5.12. The number of halogens is 1. The highest BCUT2D eigenvalue weighted by Crippen LogP contribution is 2.13. The van der Waals surface area contributed by atoms with Gasteiger partial charge in [-0.25, -0.2) is 8.42 Å². The van der Waals surface area contributed by atoms with E-state index in [1.54, 1.807) is 10.9 Å². The quantitative estimate of drug-likeness (QED) is 0.771. The predicted molar refractivity (Wildman–Crippen MR) is 63.9 cm³/mol. The summed E-state index contributed by atoms with van der Waals surface area (Å²) >= 11 is 3.38. The molecule has 0 aromatic carbocycles. The molecule has 0 radical (unpaired) electrons. The van der Waals surface area contributed by atoms with Gasteiger partial charge in [-0.2, -0.15) is 5.10 Å². The van der Waals surface area contributed by atoms with Crippen LogP contribution in [0.15, 0.2) is 6.20 Å². The fourth-order valence-corrected chi connectivity index (χ4v) is 2.39. The smallest absolute Gasteiger partial charge is 0.149 e. The lowest BCUT2D eigenvalue weighted by molar-refractivity contribution is 0.579. The first-order chi connectivity index (χ1) is 6.98. The minimum absolute atomic E-state index is 0.142. The van der Waals surface area contributed by atoms with Gasteiger partial charge in [0.25, 0.3) is 0 Å². The Bertz CT molecular complexity index is 425. The van der Waals surface area contributed by atoms with Crippen molar-refractivity contribution < 1.29 is 8.42 Å². The van der Waals surface area contributed by atoms with E-state index in [0.29, 0.717) is 6.54 Å². The number of sulfone groups is 1. The summed E-state index contributed by atoms with van der Waals surface area (Å²) in [6, 6.07) is 0. The van der Waals surface area contributed by atoms with Crippen LogP contribution in [0.1, 0.15) is 18.2 Å². The Balaban J connectivity index is 2.81. The normalized spacial score (nSPS) is 11.9. The SMILES string of the molecule is CCc1c(CBr)cnn1CCS(C)(=O)=O. The van der Waals surface area contributed by atoms with Crippen LogP contribution in [-0.2, 0) is 28.1 Å². The Morgan fingerprint density at radius 3 is 2.67 bits per heavy atom. The zero-order valence-electron chi connectivity index (χ0n) is 8.90. The van der Waals surface area contributed by atoms with Gasteiger partial charge in [0, 0.05) is 22.8 Å². The maximum atomic E-state index is 11.0. The summed E-state index contributed by atoms with van der Waals surface area (Å²) in [7, 11) is -2.92. The van der Waals surface area contributed by atoms with Gasteiger partial charge in [-0.15, -0.1) is 0 Å². The van der Waals surface area contributed by atoms with E-state index in [-0.39, 0.29) is 5.75 Å². The van der Waals surface area contributed by atoms with Crippen molar-refractivity contribution in [3.05, 3.63) is 17.5 Å². The molecule has 1 aromatic heterocycles. The van der Waals surface area contributed by atoms with Crippen molar-refractivity contribution in [1.82, 2.24) is 9.78 Å². The topological polar surface area (TPSA) is 52.0 Å². The molecule has 0 aliphatic rings. The van der Waals surface area contributed by atoms with E-state index in [9.17, 15) is 8.42 Å². The molecule has 6 heteroatoms. The number of hydrogen-bond donors (Lipinski definition) is 0. The molecule has 1 aromatic rings. The summed E-state index contributed by atoms with van der Waals surface area (Å²) in [4.78, 5) is 0. The molecule has 0 aliphatic heterocycles. The third-order valence-electron chi connectivity index (χ3n) is 2.19. The van der Waals surface area contributed by atoms with Gasteiger partial charge in [0.1, 0.15) is 9.84 Å². The van der Waals surface area contributed by atoms with Crippen LogP contribution < -0.4 is 0 Å². The second-order valence-corrected chi connectivity index (χ2v) is 6.28. The van der Waals surface area contributed by atoms with Crippen LogP contribution in [0.4, 0.5) is 0 Å². The lowest BCUT2D eigenvalue weighted by atomic mass is 10.2. The van der Waals surface area contributed by atoms with E-state index >= 15 is 0 Å². The minimum atomic E-state index is -2.92. The molecule has 0 unspecified atom stereocenters. The molecule has 0 fully saturated rings. The first-order valence-corrected chi connectivity index (χ1v) is 7.93. The molecular formula is C9H15BrN2O2S. The maximum Gasteiger partial charge on any atom is 0.149 e. The molecule has 86 valence electrons. The molecule has 1 heterocycles. The molecule has 0 aliphatic carbocycles. The van der Waals surface area contributed by atoms with Crippen molar-refractivity contribution in [2.24, 2.45) is 0 Å². The van der Waals surface area contributed by atoms with Gasteiger partial charge in [0.05, 0.1) is 18.5 Å². The third kappa shape index (κ3) is 3.61. The summed E-state index contributed by atoms with van der Waals surface area (Å²) in [6.07, 6.45) is 3.90. The first kappa shape index (κ1) is 12.7. The Labute approximate surface area is 98.7 Å². The van der Waals surface area contributed by atoms with Gasteiger partial charge < -0.3 is 0 Å². The van der Waals surface area contributed by atoms with E-state index in [1.807, 2.05) is 6.92 Å². The average molecular weight is 295 g/mol. The largest absolute Gasteiger partial charge is 0.268 e. The van der Waals surface area contributed by atoms with Gasteiger partial charge in [0.2, 0.25) is 0 Å².